The topological polar surface area (TPSA) is 40.5 Å². The molecular weight excluding hydrogens is 378 g/mol. The average molecular weight is 408 g/mol. The summed E-state index contributed by atoms with van der Waals surface area (Å²) in [6, 6.07) is 26.4. The van der Waals surface area contributed by atoms with Crippen LogP contribution in [0.3, 0.4) is 0 Å². The number of hydrogen-bond donors (Lipinski definition) is 1. The van der Waals surface area contributed by atoms with E-state index in [1.165, 1.54) is 11.1 Å². The molecule has 3 aromatic carbocycles. The lowest BCUT2D eigenvalue weighted by Gasteiger charge is -2.26. The summed E-state index contributed by atoms with van der Waals surface area (Å²) in [5.41, 5.74) is 4.57. The van der Waals surface area contributed by atoms with Gasteiger partial charge in [0, 0.05) is 41.6 Å². The molecule has 0 aliphatic rings. The monoisotopic (exact) mass is 407 g/mol. The molecule has 0 aliphatic heterocycles. The zero-order chi connectivity index (χ0) is 20.6. The Morgan fingerprint density at radius 1 is 0.828 bits per heavy atom. The van der Waals surface area contributed by atoms with E-state index in [0.29, 0.717) is 6.54 Å². The van der Waals surface area contributed by atoms with Gasteiger partial charge in [-0.3, -0.25) is 9.11 Å². The van der Waals surface area contributed by atoms with Gasteiger partial charge in [-0.05, 0) is 40.8 Å². The molecule has 0 saturated heterocycles. The van der Waals surface area contributed by atoms with Crippen molar-refractivity contribution in [2.45, 2.75) is 37.4 Å². The second-order valence-electron chi connectivity index (χ2n) is 7.36. The van der Waals surface area contributed by atoms with Gasteiger partial charge < -0.3 is 5.11 Å². The number of aliphatic hydroxyl groups excluding tert-OH is 1. The highest BCUT2D eigenvalue weighted by molar-refractivity contribution is 7.84. The number of rotatable bonds is 9. The first-order chi connectivity index (χ1) is 14.0. The van der Waals surface area contributed by atoms with Crippen molar-refractivity contribution in [2.75, 3.05) is 12.8 Å². The maximum atomic E-state index is 11.6. The number of nitrogens with zero attached hydrogens (tertiary/aromatic N) is 1. The van der Waals surface area contributed by atoms with Crippen LogP contribution in [0.15, 0.2) is 83.8 Å². The maximum Gasteiger partial charge on any atom is 0.0917 e. The fourth-order valence-electron chi connectivity index (χ4n) is 3.40. The maximum absolute atomic E-state index is 11.6. The largest absolute Gasteiger partial charge is 0.387 e. The van der Waals surface area contributed by atoms with Crippen molar-refractivity contribution in [3.05, 3.63) is 101 Å². The van der Waals surface area contributed by atoms with Crippen molar-refractivity contribution in [2.24, 2.45) is 0 Å². The molecule has 3 nitrogen and oxygen atoms in total. The highest BCUT2D eigenvalue weighted by atomic mass is 32.2. The molecule has 3 rings (SSSR count). The molecule has 3 aromatic rings. The van der Waals surface area contributed by atoms with Gasteiger partial charge in [-0.15, -0.1) is 0 Å². The molecule has 0 radical (unpaired) electrons. The summed E-state index contributed by atoms with van der Waals surface area (Å²) in [5, 5.41) is 10.8. The predicted molar refractivity (Wildman–Crippen MR) is 120 cm³/mol. The van der Waals surface area contributed by atoms with Gasteiger partial charge in [0.15, 0.2) is 0 Å². The highest BCUT2D eigenvalue weighted by Gasteiger charge is 2.15. The molecule has 1 N–H and O–H groups in total. The van der Waals surface area contributed by atoms with Crippen LogP contribution in [0.4, 0.5) is 0 Å². The van der Waals surface area contributed by atoms with E-state index < -0.39 is 16.9 Å². The molecule has 0 fully saturated rings. The Labute approximate surface area is 176 Å². The van der Waals surface area contributed by atoms with Gasteiger partial charge in [-0.25, -0.2) is 0 Å². The van der Waals surface area contributed by atoms with Crippen LogP contribution in [0.2, 0.25) is 0 Å². The third kappa shape index (κ3) is 6.36. The summed E-state index contributed by atoms with van der Waals surface area (Å²) in [6.45, 7) is 4.15. The summed E-state index contributed by atoms with van der Waals surface area (Å²) in [5.74, 6) is 0. The lowest BCUT2D eigenvalue weighted by Crippen LogP contribution is -2.28. The van der Waals surface area contributed by atoms with E-state index in [-0.39, 0.29) is 0 Å². The number of aliphatic hydroxyl groups is 1. The summed E-state index contributed by atoms with van der Waals surface area (Å²) >= 11 is 0. The Balaban J connectivity index is 1.75. The van der Waals surface area contributed by atoms with E-state index in [1.54, 1.807) is 6.26 Å². The van der Waals surface area contributed by atoms with E-state index in [4.69, 9.17) is 0 Å². The van der Waals surface area contributed by atoms with Gasteiger partial charge in [-0.2, -0.15) is 0 Å². The van der Waals surface area contributed by atoms with Crippen molar-refractivity contribution in [1.82, 2.24) is 4.90 Å². The van der Waals surface area contributed by atoms with Gasteiger partial charge in [-0.1, -0.05) is 73.7 Å². The second-order valence-corrected chi connectivity index (χ2v) is 8.74. The van der Waals surface area contributed by atoms with Gasteiger partial charge in [0.05, 0.1) is 6.10 Å². The first kappa shape index (κ1) is 21.4. The van der Waals surface area contributed by atoms with Crippen LogP contribution < -0.4 is 0 Å². The molecule has 0 bridgehead atoms. The highest BCUT2D eigenvalue weighted by Crippen LogP contribution is 2.19. The van der Waals surface area contributed by atoms with Crippen molar-refractivity contribution in [3.8, 4) is 0 Å². The summed E-state index contributed by atoms with van der Waals surface area (Å²) < 4.78 is 11.6. The zero-order valence-electron chi connectivity index (χ0n) is 17.1. The molecule has 0 heterocycles. The van der Waals surface area contributed by atoms with Gasteiger partial charge in [0.1, 0.15) is 0 Å². The van der Waals surface area contributed by atoms with Crippen molar-refractivity contribution >= 4 is 10.8 Å². The van der Waals surface area contributed by atoms with E-state index >= 15 is 0 Å². The van der Waals surface area contributed by atoms with Crippen molar-refractivity contribution in [3.63, 3.8) is 0 Å². The number of hydrogen-bond acceptors (Lipinski definition) is 3. The lowest BCUT2D eigenvalue weighted by molar-refractivity contribution is 0.105. The van der Waals surface area contributed by atoms with Crippen LogP contribution in [0.25, 0.3) is 0 Å². The van der Waals surface area contributed by atoms with E-state index in [9.17, 15) is 9.32 Å². The Morgan fingerprint density at radius 3 is 1.93 bits per heavy atom. The van der Waals surface area contributed by atoms with E-state index in [1.807, 2.05) is 54.6 Å². The first-order valence-corrected chi connectivity index (χ1v) is 11.6. The summed E-state index contributed by atoms with van der Waals surface area (Å²) in [6.07, 6.45) is 2.14. The molecule has 0 amide bonds. The smallest absolute Gasteiger partial charge is 0.0917 e. The Morgan fingerprint density at radius 2 is 1.38 bits per heavy atom. The van der Waals surface area contributed by atoms with E-state index in [0.717, 1.165) is 35.5 Å². The van der Waals surface area contributed by atoms with Gasteiger partial charge in [0.2, 0.25) is 0 Å². The lowest BCUT2D eigenvalue weighted by atomic mass is 10.0. The van der Waals surface area contributed by atoms with Crippen molar-refractivity contribution < 1.29 is 9.32 Å². The Kier molecular flexibility index (Phi) is 7.76. The molecule has 0 spiro atoms. The minimum Gasteiger partial charge on any atom is -0.387 e. The van der Waals surface area contributed by atoms with Crippen molar-refractivity contribution in [1.29, 1.82) is 0 Å². The fraction of sp³-hybridized carbons (Fsp3) is 0.280. The van der Waals surface area contributed by atoms with Crippen LogP contribution in [-0.4, -0.2) is 27.0 Å². The average Bonchev–Trinajstić information content (AvgIpc) is 2.75. The number of aryl methyl sites for hydroxylation is 1. The molecule has 152 valence electrons. The normalized spacial score (nSPS) is 13.4. The third-order valence-electron chi connectivity index (χ3n) is 5.11. The predicted octanol–water partition coefficient (Wildman–Crippen LogP) is 4.72. The molecule has 2 unspecified atom stereocenters. The third-order valence-corrected chi connectivity index (χ3v) is 6.05. The number of benzene rings is 3. The standard InChI is InChI=1S/C25H29NO2S/c1-3-20-9-13-23(14-10-20)25(27)19-26(17-21-7-5-4-6-8-21)18-22-11-15-24(16-12-22)29(2)28/h4-16,25,27H,3,17-19H2,1-2H3. The molecular formula is C25H29NO2S. The van der Waals surface area contributed by atoms with Crippen LogP contribution in [0.1, 0.15) is 35.3 Å². The molecule has 0 aliphatic carbocycles. The SMILES string of the molecule is CCc1ccc(C(O)CN(Cc2ccccc2)Cc2ccc(S(C)=O)cc2)cc1. The van der Waals surface area contributed by atoms with Crippen LogP contribution in [0.5, 0.6) is 0 Å². The van der Waals surface area contributed by atoms with E-state index in [2.05, 4.69) is 36.1 Å². The molecule has 4 heteroatoms. The minimum absolute atomic E-state index is 0.543. The quantitative estimate of drug-likeness (QED) is 0.558. The van der Waals surface area contributed by atoms with Gasteiger partial charge >= 0.3 is 0 Å². The van der Waals surface area contributed by atoms with Crippen LogP contribution in [0, 0.1) is 0 Å². The van der Waals surface area contributed by atoms with Crippen LogP contribution >= 0.6 is 0 Å². The minimum atomic E-state index is -0.972. The summed E-state index contributed by atoms with van der Waals surface area (Å²) in [7, 11) is -0.972. The van der Waals surface area contributed by atoms with Gasteiger partial charge in [0.25, 0.3) is 0 Å². The molecule has 29 heavy (non-hydrogen) atoms. The fourth-order valence-corrected chi connectivity index (χ4v) is 3.92. The first-order valence-electron chi connectivity index (χ1n) is 10.0. The summed E-state index contributed by atoms with van der Waals surface area (Å²) in [4.78, 5) is 3.09. The molecule has 0 saturated carbocycles. The molecule has 2 atom stereocenters. The zero-order valence-corrected chi connectivity index (χ0v) is 17.9. The Bertz CT molecular complexity index is 908. The second kappa shape index (κ2) is 10.5. The molecule has 0 aromatic heterocycles. The van der Waals surface area contributed by atoms with Crippen LogP contribution in [-0.2, 0) is 30.3 Å². The Hall–Kier alpha value is -2.27.